The van der Waals surface area contributed by atoms with Gasteiger partial charge in [-0.3, -0.25) is 4.79 Å². The normalized spacial score (nSPS) is 8.27. The second kappa shape index (κ2) is 12.1. The molecule has 0 radical (unpaired) electrons. The Balaban J connectivity index is 0. The molecule has 0 aliphatic carbocycles. The highest BCUT2D eigenvalue weighted by Gasteiger charge is 1.77. The number of nitrogens with two attached hydrogens (primary N) is 2. The fourth-order valence-electron chi connectivity index (χ4n) is 0.269. The molecule has 0 aromatic rings. The van der Waals surface area contributed by atoms with Crippen LogP contribution in [0.1, 0.15) is 6.92 Å². The van der Waals surface area contributed by atoms with Gasteiger partial charge in [-0.25, -0.2) is 0 Å². The predicted molar refractivity (Wildman–Crippen MR) is 42.2 cm³/mol. The monoisotopic (exact) mass is 164 g/mol. The van der Waals surface area contributed by atoms with Crippen molar-refractivity contribution in [2.75, 3.05) is 26.3 Å². The summed E-state index contributed by atoms with van der Waals surface area (Å²) in [5.74, 6) is -0.833. The van der Waals surface area contributed by atoms with E-state index in [1.165, 1.54) is 0 Å². The highest BCUT2D eigenvalue weighted by molar-refractivity contribution is 5.62. The van der Waals surface area contributed by atoms with Crippen molar-refractivity contribution in [3.8, 4) is 0 Å². The topological polar surface area (TPSA) is 98.6 Å². The fraction of sp³-hybridized carbons (Fsp3) is 0.833. The molecule has 0 aromatic heterocycles. The number of ether oxygens (including phenoxy) is 1. The molecule has 5 nitrogen and oxygen atoms in total. The Bertz CT molecular complexity index is 79.9. The van der Waals surface area contributed by atoms with Gasteiger partial charge in [0.05, 0.1) is 13.2 Å². The summed E-state index contributed by atoms with van der Waals surface area (Å²) in [7, 11) is 0. The molecule has 68 valence electrons. The van der Waals surface area contributed by atoms with Crippen LogP contribution in [-0.4, -0.2) is 37.4 Å². The molecule has 0 heterocycles. The molecule has 0 atom stereocenters. The summed E-state index contributed by atoms with van der Waals surface area (Å²) < 4.78 is 4.88. The van der Waals surface area contributed by atoms with Gasteiger partial charge in [-0.2, -0.15) is 0 Å². The number of aliphatic carboxylic acids is 1. The Hall–Kier alpha value is -0.650. The van der Waals surface area contributed by atoms with Gasteiger partial charge in [0, 0.05) is 20.0 Å². The molecule has 0 rings (SSSR count). The van der Waals surface area contributed by atoms with Gasteiger partial charge in [0.1, 0.15) is 0 Å². The minimum atomic E-state index is -0.833. The Kier molecular flexibility index (Phi) is 14.2. The van der Waals surface area contributed by atoms with Gasteiger partial charge in [0.15, 0.2) is 0 Å². The van der Waals surface area contributed by atoms with Crippen molar-refractivity contribution in [3.05, 3.63) is 0 Å². The first-order valence-corrected chi connectivity index (χ1v) is 3.32. The average molecular weight is 164 g/mol. The lowest BCUT2D eigenvalue weighted by Gasteiger charge is -1.95. The summed E-state index contributed by atoms with van der Waals surface area (Å²) in [6, 6.07) is 0. The fourth-order valence-corrected chi connectivity index (χ4v) is 0.269. The summed E-state index contributed by atoms with van der Waals surface area (Å²) in [5.41, 5.74) is 10.2. The molecule has 0 aliphatic rings. The van der Waals surface area contributed by atoms with Crippen molar-refractivity contribution in [1.82, 2.24) is 0 Å². The van der Waals surface area contributed by atoms with E-state index in [1.54, 1.807) is 0 Å². The van der Waals surface area contributed by atoms with E-state index in [2.05, 4.69) is 0 Å². The molecule has 0 aliphatic heterocycles. The third kappa shape index (κ3) is 45.0. The highest BCUT2D eigenvalue weighted by Crippen LogP contribution is 1.65. The summed E-state index contributed by atoms with van der Waals surface area (Å²) in [6.45, 7) is 3.49. The van der Waals surface area contributed by atoms with E-state index >= 15 is 0 Å². The van der Waals surface area contributed by atoms with Gasteiger partial charge in [-0.05, 0) is 0 Å². The predicted octanol–water partition coefficient (Wildman–Crippen LogP) is -0.989. The smallest absolute Gasteiger partial charge is 0.300 e. The molecule has 0 saturated carbocycles. The third-order valence-corrected chi connectivity index (χ3v) is 0.524. The van der Waals surface area contributed by atoms with Crippen molar-refractivity contribution in [2.45, 2.75) is 6.92 Å². The van der Waals surface area contributed by atoms with Gasteiger partial charge in [0.2, 0.25) is 0 Å². The third-order valence-electron chi connectivity index (χ3n) is 0.524. The number of carboxylic acids is 1. The lowest BCUT2D eigenvalue weighted by atomic mass is 10.7. The number of hydrogen-bond donors (Lipinski definition) is 3. The summed E-state index contributed by atoms with van der Waals surface area (Å²) in [5, 5.41) is 7.42. The van der Waals surface area contributed by atoms with Crippen LogP contribution in [0.5, 0.6) is 0 Å². The molecular weight excluding hydrogens is 148 g/mol. The van der Waals surface area contributed by atoms with Crippen LogP contribution in [0.2, 0.25) is 0 Å². The summed E-state index contributed by atoms with van der Waals surface area (Å²) in [6.07, 6.45) is 0. The van der Waals surface area contributed by atoms with E-state index in [4.69, 9.17) is 26.1 Å². The zero-order chi connectivity index (χ0) is 9.11. The number of carboxylic acid groups (broad SMARTS) is 1. The van der Waals surface area contributed by atoms with Crippen LogP contribution in [0.3, 0.4) is 0 Å². The molecule has 5 heteroatoms. The van der Waals surface area contributed by atoms with E-state index in [-0.39, 0.29) is 0 Å². The van der Waals surface area contributed by atoms with Crippen LogP contribution in [0, 0.1) is 0 Å². The lowest BCUT2D eigenvalue weighted by Crippen LogP contribution is -2.13. The first-order chi connectivity index (χ1) is 5.15. The average Bonchev–Trinajstić information content (AvgIpc) is 1.88. The van der Waals surface area contributed by atoms with Gasteiger partial charge >= 0.3 is 0 Å². The lowest BCUT2D eigenvalue weighted by molar-refractivity contribution is -0.134. The zero-order valence-electron chi connectivity index (χ0n) is 6.75. The van der Waals surface area contributed by atoms with E-state index in [9.17, 15) is 0 Å². The van der Waals surface area contributed by atoms with Crippen molar-refractivity contribution in [1.29, 1.82) is 0 Å². The van der Waals surface area contributed by atoms with Gasteiger partial charge < -0.3 is 21.3 Å². The van der Waals surface area contributed by atoms with Crippen LogP contribution in [0.4, 0.5) is 0 Å². The second-order valence-corrected chi connectivity index (χ2v) is 1.71. The Morgan fingerprint density at radius 3 is 1.82 bits per heavy atom. The number of hydrogen-bond acceptors (Lipinski definition) is 4. The molecule has 0 aromatic carbocycles. The molecule has 5 N–H and O–H groups in total. The van der Waals surface area contributed by atoms with Gasteiger partial charge in [0.25, 0.3) is 5.97 Å². The van der Waals surface area contributed by atoms with Crippen LogP contribution >= 0.6 is 0 Å². The molecule has 0 bridgehead atoms. The van der Waals surface area contributed by atoms with Crippen molar-refractivity contribution >= 4 is 5.97 Å². The van der Waals surface area contributed by atoms with Crippen molar-refractivity contribution in [2.24, 2.45) is 11.5 Å². The molecule has 0 amide bonds. The Morgan fingerprint density at radius 2 is 1.64 bits per heavy atom. The number of carbonyl (C=O) groups is 1. The maximum absolute atomic E-state index is 9.00. The molecular formula is C6H16N2O3. The SMILES string of the molecule is CC(=O)O.NCCOCCN. The minimum absolute atomic E-state index is 0.583. The van der Waals surface area contributed by atoms with Crippen molar-refractivity contribution in [3.63, 3.8) is 0 Å². The van der Waals surface area contributed by atoms with Gasteiger partial charge in [-0.15, -0.1) is 0 Å². The second-order valence-electron chi connectivity index (χ2n) is 1.71. The van der Waals surface area contributed by atoms with E-state index in [0.717, 1.165) is 6.92 Å². The Labute approximate surface area is 66.3 Å². The van der Waals surface area contributed by atoms with Crippen LogP contribution in [0.25, 0.3) is 0 Å². The van der Waals surface area contributed by atoms with Crippen LogP contribution in [-0.2, 0) is 9.53 Å². The zero-order valence-corrected chi connectivity index (χ0v) is 6.75. The molecule has 0 spiro atoms. The van der Waals surface area contributed by atoms with Gasteiger partial charge in [-0.1, -0.05) is 0 Å². The van der Waals surface area contributed by atoms with E-state index in [0.29, 0.717) is 26.3 Å². The largest absolute Gasteiger partial charge is 0.481 e. The molecule has 11 heavy (non-hydrogen) atoms. The first kappa shape index (κ1) is 13.0. The van der Waals surface area contributed by atoms with E-state index in [1.807, 2.05) is 0 Å². The number of rotatable bonds is 4. The maximum Gasteiger partial charge on any atom is 0.300 e. The van der Waals surface area contributed by atoms with Crippen LogP contribution < -0.4 is 11.5 Å². The molecule has 0 unspecified atom stereocenters. The summed E-state index contributed by atoms with van der Waals surface area (Å²) in [4.78, 5) is 9.00. The van der Waals surface area contributed by atoms with Crippen LogP contribution in [0.15, 0.2) is 0 Å². The summed E-state index contributed by atoms with van der Waals surface area (Å²) >= 11 is 0. The first-order valence-electron chi connectivity index (χ1n) is 3.32. The van der Waals surface area contributed by atoms with E-state index < -0.39 is 5.97 Å². The minimum Gasteiger partial charge on any atom is -0.481 e. The Morgan fingerprint density at radius 1 is 1.36 bits per heavy atom. The molecule has 0 fully saturated rings. The highest BCUT2D eigenvalue weighted by atomic mass is 16.5. The maximum atomic E-state index is 9.00. The van der Waals surface area contributed by atoms with Crippen molar-refractivity contribution < 1.29 is 14.6 Å². The molecule has 0 saturated heterocycles. The standard InChI is InChI=1S/C4H12N2O.C2H4O2/c5-1-3-7-4-2-6;1-2(3)4/h1-6H2;1H3,(H,3,4). The quantitative estimate of drug-likeness (QED) is 0.463.